The topological polar surface area (TPSA) is 217 Å². The van der Waals surface area contributed by atoms with Crippen molar-refractivity contribution in [1.82, 2.24) is 9.80 Å². The van der Waals surface area contributed by atoms with Crippen LogP contribution in [0.15, 0.2) is 12.1 Å². The highest BCUT2D eigenvalue weighted by Crippen LogP contribution is 2.39. The van der Waals surface area contributed by atoms with Crippen LogP contribution >= 0.6 is 0 Å². The third-order valence-electron chi connectivity index (χ3n) is 4.38. The van der Waals surface area contributed by atoms with E-state index >= 15 is 0 Å². The summed E-state index contributed by atoms with van der Waals surface area (Å²) in [7, 11) is 2.43. The second-order valence-electron chi connectivity index (χ2n) is 6.63. The molecule has 0 saturated heterocycles. The average Bonchev–Trinajstić information content (AvgIpc) is 2.69. The van der Waals surface area contributed by atoms with Crippen molar-refractivity contribution in [3.8, 4) is 11.5 Å². The summed E-state index contributed by atoms with van der Waals surface area (Å²) in [6.45, 7) is -3.09. The Morgan fingerprint density at radius 1 is 0.909 bits per heavy atom. The van der Waals surface area contributed by atoms with E-state index in [1.165, 1.54) is 14.2 Å². The van der Waals surface area contributed by atoms with Crippen LogP contribution in [0.2, 0.25) is 0 Å². The van der Waals surface area contributed by atoms with E-state index in [2.05, 4.69) is 0 Å². The van der Waals surface area contributed by atoms with Crippen LogP contribution < -0.4 is 9.47 Å². The molecule has 0 aromatic heterocycles. The Bertz CT molecular complexity index is 903. The third kappa shape index (κ3) is 7.89. The van der Waals surface area contributed by atoms with Crippen molar-refractivity contribution in [2.75, 3.05) is 46.9 Å². The first kappa shape index (κ1) is 27.1. The highest BCUT2D eigenvalue weighted by Gasteiger charge is 2.36. The van der Waals surface area contributed by atoms with E-state index < -0.39 is 72.3 Å². The molecule has 15 nitrogen and oxygen atoms in total. The van der Waals surface area contributed by atoms with Crippen LogP contribution in [-0.4, -0.2) is 106 Å². The highest BCUT2D eigenvalue weighted by molar-refractivity contribution is 5.79. The summed E-state index contributed by atoms with van der Waals surface area (Å²) >= 11 is 0. The summed E-state index contributed by atoms with van der Waals surface area (Å²) in [5, 5.41) is 48.6. The molecule has 1 rings (SSSR count). The van der Waals surface area contributed by atoms with E-state index in [1.807, 2.05) is 0 Å². The molecular formula is C18H23N3O12. The first-order valence-corrected chi connectivity index (χ1v) is 9.16. The van der Waals surface area contributed by atoms with Crippen molar-refractivity contribution in [2.24, 2.45) is 0 Å². The van der Waals surface area contributed by atoms with Crippen LogP contribution in [0.25, 0.3) is 0 Å². The summed E-state index contributed by atoms with van der Waals surface area (Å²) in [5.74, 6) is -5.91. The minimum atomic E-state index is -1.86. The van der Waals surface area contributed by atoms with Gasteiger partial charge in [-0.2, -0.15) is 0 Å². The van der Waals surface area contributed by atoms with E-state index in [0.29, 0.717) is 0 Å². The van der Waals surface area contributed by atoms with Crippen molar-refractivity contribution in [3.05, 3.63) is 27.8 Å². The lowest BCUT2D eigenvalue weighted by molar-refractivity contribution is -0.386. The fraction of sp³-hybridized carbons (Fsp3) is 0.444. The van der Waals surface area contributed by atoms with Gasteiger partial charge < -0.3 is 29.9 Å². The Hall–Kier alpha value is -3.98. The maximum Gasteiger partial charge on any atom is 0.325 e. The van der Waals surface area contributed by atoms with Crippen LogP contribution in [0.5, 0.6) is 11.5 Å². The second-order valence-corrected chi connectivity index (χ2v) is 6.63. The Morgan fingerprint density at radius 3 is 1.79 bits per heavy atom. The number of methoxy groups -OCH3 is 2. The molecule has 182 valence electrons. The minimum Gasteiger partial charge on any atom is -0.493 e. The zero-order valence-electron chi connectivity index (χ0n) is 17.7. The van der Waals surface area contributed by atoms with E-state index in [1.54, 1.807) is 0 Å². The van der Waals surface area contributed by atoms with Gasteiger partial charge in [0.05, 0.1) is 50.4 Å². The van der Waals surface area contributed by atoms with Gasteiger partial charge in [0.2, 0.25) is 0 Å². The highest BCUT2D eigenvalue weighted by atomic mass is 16.6. The Balaban J connectivity index is 3.49. The summed E-state index contributed by atoms with van der Waals surface area (Å²) in [6.07, 6.45) is 0. The molecule has 1 aromatic carbocycles. The van der Waals surface area contributed by atoms with E-state index in [9.17, 15) is 39.5 Å². The molecule has 1 unspecified atom stereocenters. The van der Waals surface area contributed by atoms with Crippen molar-refractivity contribution in [2.45, 2.75) is 6.04 Å². The standard InChI is InChI=1S/C18H23N3O12/c1-32-12-5-10(11(21(30)31)6-13(12)33-2)17(18(28)29)20(9-16(26)27)4-3-19(7-14(22)23)8-15(24)25/h5-6,17H,3-4,7-9H2,1-2H3,(H,22,23)(H,24,25)(H,26,27)(H,28,29). The maximum atomic E-state index is 12.1. The lowest BCUT2D eigenvalue weighted by Crippen LogP contribution is -2.44. The molecule has 0 heterocycles. The summed E-state index contributed by atoms with van der Waals surface area (Å²) < 4.78 is 10.1. The smallest absolute Gasteiger partial charge is 0.325 e. The fourth-order valence-electron chi connectivity index (χ4n) is 3.09. The van der Waals surface area contributed by atoms with Gasteiger partial charge in [-0.3, -0.25) is 39.1 Å². The number of carbonyl (C=O) groups is 4. The van der Waals surface area contributed by atoms with E-state index in [0.717, 1.165) is 21.9 Å². The first-order valence-electron chi connectivity index (χ1n) is 9.16. The quantitative estimate of drug-likeness (QED) is 0.188. The van der Waals surface area contributed by atoms with Gasteiger partial charge in [0.25, 0.3) is 5.69 Å². The second kappa shape index (κ2) is 12.2. The molecule has 0 saturated carbocycles. The number of carboxylic acids is 4. The van der Waals surface area contributed by atoms with Crippen LogP contribution in [0.4, 0.5) is 5.69 Å². The predicted octanol–water partition coefficient (Wildman–Crippen LogP) is -0.404. The molecule has 0 fully saturated rings. The number of hydrogen-bond acceptors (Lipinski definition) is 10. The molecule has 0 bridgehead atoms. The van der Waals surface area contributed by atoms with E-state index in [-0.39, 0.29) is 18.0 Å². The van der Waals surface area contributed by atoms with Crippen LogP contribution in [0.3, 0.4) is 0 Å². The largest absolute Gasteiger partial charge is 0.493 e. The molecule has 0 radical (unpaired) electrons. The zero-order valence-corrected chi connectivity index (χ0v) is 17.7. The van der Waals surface area contributed by atoms with Gasteiger partial charge in [-0.15, -0.1) is 0 Å². The maximum absolute atomic E-state index is 12.1. The lowest BCUT2D eigenvalue weighted by atomic mass is 10.0. The number of benzene rings is 1. The van der Waals surface area contributed by atoms with Crippen molar-refractivity contribution >= 4 is 29.6 Å². The number of hydrogen-bond donors (Lipinski definition) is 4. The molecule has 0 aliphatic heterocycles. The molecule has 0 aliphatic rings. The van der Waals surface area contributed by atoms with Gasteiger partial charge in [0.15, 0.2) is 11.5 Å². The molecular weight excluding hydrogens is 450 g/mol. The summed E-state index contributed by atoms with van der Waals surface area (Å²) in [5.41, 5.74) is -1.09. The number of rotatable bonds is 15. The number of nitro groups is 1. The first-order chi connectivity index (χ1) is 15.4. The van der Waals surface area contributed by atoms with Gasteiger partial charge >= 0.3 is 23.9 Å². The van der Waals surface area contributed by atoms with Crippen LogP contribution in [-0.2, 0) is 19.2 Å². The number of nitro benzene ring substituents is 1. The molecule has 33 heavy (non-hydrogen) atoms. The SMILES string of the molecule is COc1cc(C(C(=O)O)N(CCN(CC(=O)O)CC(=O)O)CC(=O)O)c([N+](=O)[O-])cc1OC. The molecule has 0 amide bonds. The number of ether oxygens (including phenoxy) is 2. The zero-order chi connectivity index (χ0) is 25.3. The monoisotopic (exact) mass is 473 g/mol. The number of nitrogens with zero attached hydrogens (tertiary/aromatic N) is 3. The van der Waals surface area contributed by atoms with Crippen molar-refractivity contribution in [1.29, 1.82) is 0 Å². The molecule has 4 N–H and O–H groups in total. The van der Waals surface area contributed by atoms with Gasteiger partial charge in [-0.25, -0.2) is 0 Å². The number of carboxylic acid groups (broad SMARTS) is 4. The minimum absolute atomic E-state index is 0.0435. The third-order valence-corrected chi connectivity index (χ3v) is 4.38. The summed E-state index contributed by atoms with van der Waals surface area (Å²) in [6, 6.07) is 0.110. The molecule has 0 aliphatic carbocycles. The molecule has 1 atom stereocenters. The average molecular weight is 473 g/mol. The molecule has 1 aromatic rings. The lowest BCUT2D eigenvalue weighted by Gasteiger charge is -2.30. The van der Waals surface area contributed by atoms with Gasteiger partial charge in [-0.05, 0) is 6.07 Å². The normalized spacial score (nSPS) is 11.8. The predicted molar refractivity (Wildman–Crippen MR) is 107 cm³/mol. The van der Waals surface area contributed by atoms with Gasteiger partial charge in [0.1, 0.15) is 6.04 Å². The molecule has 15 heteroatoms. The Labute approximate surface area is 186 Å². The van der Waals surface area contributed by atoms with Crippen LogP contribution in [0.1, 0.15) is 11.6 Å². The van der Waals surface area contributed by atoms with Crippen molar-refractivity contribution < 1.29 is 54.0 Å². The van der Waals surface area contributed by atoms with Gasteiger partial charge in [0, 0.05) is 13.1 Å². The molecule has 0 spiro atoms. The van der Waals surface area contributed by atoms with Gasteiger partial charge in [-0.1, -0.05) is 0 Å². The fourth-order valence-corrected chi connectivity index (χ4v) is 3.09. The van der Waals surface area contributed by atoms with Crippen molar-refractivity contribution in [3.63, 3.8) is 0 Å². The Kier molecular flexibility index (Phi) is 9.97. The van der Waals surface area contributed by atoms with E-state index in [4.69, 9.17) is 19.7 Å². The summed E-state index contributed by atoms with van der Waals surface area (Å²) in [4.78, 5) is 58.0. The van der Waals surface area contributed by atoms with Crippen LogP contribution in [0, 0.1) is 10.1 Å². The number of aliphatic carboxylic acids is 4. The Morgan fingerprint density at radius 2 is 1.39 bits per heavy atom.